The van der Waals surface area contributed by atoms with Crippen molar-refractivity contribution in [3.63, 3.8) is 0 Å². The molecular weight excluding hydrogens is 196 g/mol. The molecule has 4 nitrogen and oxygen atoms in total. The third kappa shape index (κ3) is 1.59. The second-order valence-corrected chi connectivity index (χ2v) is 5.33. The molecule has 0 bridgehead atoms. The van der Waals surface area contributed by atoms with Crippen LogP contribution in [-0.2, 0) is 0 Å². The fraction of sp³-hybridized carbons (Fsp3) is 0.889. The second kappa shape index (κ2) is 3.62. The van der Waals surface area contributed by atoms with Crippen LogP contribution in [0.4, 0.5) is 0 Å². The summed E-state index contributed by atoms with van der Waals surface area (Å²) in [5.74, 6) is 3.11. The third-order valence-electron chi connectivity index (χ3n) is 2.90. The van der Waals surface area contributed by atoms with Gasteiger partial charge < -0.3 is 15.5 Å². The lowest BCUT2D eigenvalue weighted by Crippen LogP contribution is -2.61. The molecule has 5 heteroatoms. The normalized spacial score (nSPS) is 24.2. The predicted octanol–water partition coefficient (Wildman–Crippen LogP) is -0.336. The molecule has 1 spiro atoms. The van der Waals surface area contributed by atoms with Crippen LogP contribution in [0.5, 0.6) is 0 Å². The summed E-state index contributed by atoms with van der Waals surface area (Å²) < 4.78 is 0. The molecule has 0 atom stereocenters. The Morgan fingerprint density at radius 2 is 2.29 bits per heavy atom. The summed E-state index contributed by atoms with van der Waals surface area (Å²) in [4.78, 5) is 8.84. The number of thioether (sulfide) groups is 1. The van der Waals surface area contributed by atoms with Crippen LogP contribution < -0.4 is 5.73 Å². The lowest BCUT2D eigenvalue weighted by molar-refractivity contribution is 0.220. The summed E-state index contributed by atoms with van der Waals surface area (Å²) in [7, 11) is 4.18. The van der Waals surface area contributed by atoms with Gasteiger partial charge in [0.15, 0.2) is 5.96 Å². The van der Waals surface area contributed by atoms with Gasteiger partial charge in [-0.15, -0.1) is 0 Å². The van der Waals surface area contributed by atoms with Gasteiger partial charge in [-0.1, -0.05) is 0 Å². The van der Waals surface area contributed by atoms with Gasteiger partial charge in [0.25, 0.3) is 0 Å². The van der Waals surface area contributed by atoms with E-state index in [1.54, 1.807) is 0 Å². The Kier molecular flexibility index (Phi) is 2.62. The summed E-state index contributed by atoms with van der Waals surface area (Å²) in [6.07, 6.45) is 0. The van der Waals surface area contributed by atoms with Crippen LogP contribution in [0.25, 0.3) is 0 Å². The standard InChI is InChI=1S/C9H18N4S/c1-12(2)3-4-13-8(10)11-5-9(13)6-14-7-9/h3-7H2,1-2H3,(H2,10,11). The first-order valence-electron chi connectivity index (χ1n) is 4.94. The number of guanidine groups is 1. The van der Waals surface area contributed by atoms with Gasteiger partial charge >= 0.3 is 0 Å². The largest absolute Gasteiger partial charge is 0.370 e. The fourth-order valence-electron chi connectivity index (χ4n) is 1.88. The van der Waals surface area contributed by atoms with Crippen molar-refractivity contribution in [2.45, 2.75) is 5.54 Å². The molecule has 2 N–H and O–H groups in total. The van der Waals surface area contributed by atoms with E-state index in [0.29, 0.717) is 0 Å². The van der Waals surface area contributed by atoms with Crippen molar-refractivity contribution in [2.75, 3.05) is 45.2 Å². The molecule has 14 heavy (non-hydrogen) atoms. The Labute approximate surface area is 89.5 Å². The molecule has 0 aromatic heterocycles. The molecule has 0 aliphatic carbocycles. The maximum Gasteiger partial charge on any atom is 0.191 e. The van der Waals surface area contributed by atoms with Crippen LogP contribution in [0.1, 0.15) is 0 Å². The van der Waals surface area contributed by atoms with Crippen LogP contribution in [0.3, 0.4) is 0 Å². The van der Waals surface area contributed by atoms with Gasteiger partial charge in [0.1, 0.15) is 0 Å². The SMILES string of the molecule is CN(C)CCN1C(N)=NCC12CSC2. The van der Waals surface area contributed by atoms with Crippen molar-refractivity contribution in [3.05, 3.63) is 0 Å². The quantitative estimate of drug-likeness (QED) is 0.698. The van der Waals surface area contributed by atoms with Crippen molar-refractivity contribution < 1.29 is 0 Å². The first kappa shape index (κ1) is 10.1. The minimum Gasteiger partial charge on any atom is -0.370 e. The molecule has 2 aliphatic rings. The molecule has 2 rings (SSSR count). The average molecular weight is 214 g/mol. The van der Waals surface area contributed by atoms with Crippen LogP contribution in [0.2, 0.25) is 0 Å². The molecular formula is C9H18N4S. The minimum absolute atomic E-state index is 0.283. The van der Waals surface area contributed by atoms with Gasteiger partial charge in [-0.3, -0.25) is 4.99 Å². The first-order valence-corrected chi connectivity index (χ1v) is 6.10. The smallest absolute Gasteiger partial charge is 0.191 e. The highest BCUT2D eigenvalue weighted by molar-refractivity contribution is 8.00. The molecule has 0 radical (unpaired) electrons. The zero-order valence-electron chi connectivity index (χ0n) is 8.86. The molecule has 1 saturated heterocycles. The second-order valence-electron chi connectivity index (χ2n) is 4.35. The number of nitrogens with two attached hydrogens (primary N) is 1. The summed E-state index contributed by atoms with van der Waals surface area (Å²) in [6, 6.07) is 0. The van der Waals surface area contributed by atoms with E-state index in [9.17, 15) is 0 Å². The van der Waals surface area contributed by atoms with Crippen LogP contribution in [0, 0.1) is 0 Å². The minimum atomic E-state index is 0.283. The Morgan fingerprint density at radius 3 is 2.79 bits per heavy atom. The third-order valence-corrected chi connectivity index (χ3v) is 4.38. The van der Waals surface area contributed by atoms with Gasteiger partial charge in [0.2, 0.25) is 0 Å². The van der Waals surface area contributed by atoms with E-state index in [1.807, 2.05) is 11.8 Å². The molecule has 0 aromatic carbocycles. The molecule has 0 aromatic rings. The number of nitrogens with zero attached hydrogens (tertiary/aromatic N) is 3. The molecule has 2 aliphatic heterocycles. The van der Waals surface area contributed by atoms with E-state index < -0.39 is 0 Å². The maximum atomic E-state index is 5.90. The van der Waals surface area contributed by atoms with Crippen LogP contribution in [0.15, 0.2) is 4.99 Å². The zero-order valence-corrected chi connectivity index (χ0v) is 9.68. The number of rotatable bonds is 3. The molecule has 0 amide bonds. The van der Waals surface area contributed by atoms with Gasteiger partial charge in [0, 0.05) is 24.6 Å². The summed E-state index contributed by atoms with van der Waals surface area (Å²) in [5, 5.41) is 0. The monoisotopic (exact) mass is 214 g/mol. The van der Waals surface area contributed by atoms with Gasteiger partial charge in [0.05, 0.1) is 12.1 Å². The molecule has 0 unspecified atom stereocenters. The Balaban J connectivity index is 1.96. The molecule has 1 fully saturated rings. The van der Waals surface area contributed by atoms with Crippen molar-refractivity contribution in [1.29, 1.82) is 0 Å². The van der Waals surface area contributed by atoms with E-state index in [1.165, 1.54) is 11.5 Å². The van der Waals surface area contributed by atoms with Gasteiger partial charge in [-0.2, -0.15) is 11.8 Å². The summed E-state index contributed by atoms with van der Waals surface area (Å²) in [5.41, 5.74) is 6.18. The lowest BCUT2D eigenvalue weighted by atomic mass is 10.0. The summed E-state index contributed by atoms with van der Waals surface area (Å²) in [6.45, 7) is 2.95. The zero-order chi connectivity index (χ0) is 10.2. The van der Waals surface area contributed by atoms with E-state index in [4.69, 9.17) is 5.73 Å². The number of likely N-dealkylation sites (N-methyl/N-ethyl adjacent to an activating group) is 1. The predicted molar refractivity (Wildman–Crippen MR) is 61.8 cm³/mol. The Hall–Kier alpha value is -0.420. The lowest BCUT2D eigenvalue weighted by Gasteiger charge is -2.45. The number of aliphatic imine (C=N–C) groups is 1. The van der Waals surface area contributed by atoms with Crippen LogP contribution >= 0.6 is 11.8 Å². The topological polar surface area (TPSA) is 44.9 Å². The van der Waals surface area contributed by atoms with Crippen molar-refractivity contribution >= 4 is 17.7 Å². The highest BCUT2D eigenvalue weighted by atomic mass is 32.2. The van der Waals surface area contributed by atoms with E-state index >= 15 is 0 Å². The molecule has 0 saturated carbocycles. The molecule has 80 valence electrons. The molecule has 2 heterocycles. The highest BCUT2D eigenvalue weighted by Gasteiger charge is 2.47. The maximum absolute atomic E-state index is 5.90. The highest BCUT2D eigenvalue weighted by Crippen LogP contribution is 2.37. The van der Waals surface area contributed by atoms with Gasteiger partial charge in [-0.05, 0) is 14.1 Å². The van der Waals surface area contributed by atoms with Crippen LogP contribution in [-0.4, -0.2) is 66.5 Å². The average Bonchev–Trinajstić information content (AvgIpc) is 2.38. The first-order chi connectivity index (χ1) is 6.64. The summed E-state index contributed by atoms with van der Waals surface area (Å²) >= 11 is 1.99. The van der Waals surface area contributed by atoms with Crippen molar-refractivity contribution in [1.82, 2.24) is 9.80 Å². The van der Waals surface area contributed by atoms with E-state index in [0.717, 1.165) is 25.6 Å². The van der Waals surface area contributed by atoms with Crippen molar-refractivity contribution in [3.8, 4) is 0 Å². The van der Waals surface area contributed by atoms with E-state index in [-0.39, 0.29) is 5.54 Å². The van der Waals surface area contributed by atoms with Crippen molar-refractivity contribution in [2.24, 2.45) is 10.7 Å². The van der Waals surface area contributed by atoms with E-state index in [2.05, 4.69) is 28.9 Å². The number of hydrogen-bond donors (Lipinski definition) is 1. The Morgan fingerprint density at radius 1 is 1.57 bits per heavy atom. The van der Waals surface area contributed by atoms with Gasteiger partial charge in [-0.25, -0.2) is 0 Å². The number of hydrogen-bond acceptors (Lipinski definition) is 5. The Bertz CT molecular complexity index is 247. The fourth-order valence-corrected chi connectivity index (χ4v) is 3.05.